The third kappa shape index (κ3) is 4.42. The first-order valence-corrected chi connectivity index (χ1v) is 10.1. The van der Waals surface area contributed by atoms with Crippen LogP contribution < -0.4 is 21.5 Å². The van der Waals surface area contributed by atoms with E-state index in [-0.39, 0.29) is 18.8 Å². The van der Waals surface area contributed by atoms with Gasteiger partial charge in [-0.3, -0.25) is 4.57 Å². The molecule has 8 nitrogen and oxygen atoms in total. The molecule has 0 radical (unpaired) electrons. The average molecular weight is 426 g/mol. The Bertz CT molecular complexity index is 1200. The van der Waals surface area contributed by atoms with Crippen LogP contribution in [0.1, 0.15) is 15.4 Å². The van der Waals surface area contributed by atoms with Crippen LogP contribution >= 0.6 is 11.3 Å². The molecule has 0 unspecified atom stereocenters. The second-order valence-electron chi connectivity index (χ2n) is 6.51. The zero-order valence-corrected chi connectivity index (χ0v) is 16.8. The number of halogens is 1. The fourth-order valence-electron chi connectivity index (χ4n) is 2.84. The number of nitrogens with two attached hydrogens (primary N) is 1. The molecule has 3 aromatic rings. The standard InChI is InChI=1S/C20H19FN6O2S/c21-9-14(10-22)11-27-20(28)26(13-24-27)12-17-5-4-16(30-17)3-1-15-2-6-18-19(25-15)29-8-7-23-18/h2,4-6,9,13,23H,7-8,10-12,22H2/b14-9+. The summed E-state index contributed by atoms with van der Waals surface area (Å²) in [4.78, 5) is 18.6. The van der Waals surface area contributed by atoms with Crippen LogP contribution in [0.5, 0.6) is 5.88 Å². The summed E-state index contributed by atoms with van der Waals surface area (Å²) in [5.41, 5.74) is 6.91. The van der Waals surface area contributed by atoms with Gasteiger partial charge in [-0.2, -0.15) is 5.10 Å². The first-order chi connectivity index (χ1) is 14.7. The van der Waals surface area contributed by atoms with Gasteiger partial charge in [0.25, 0.3) is 0 Å². The lowest BCUT2D eigenvalue weighted by molar-refractivity contribution is 0.310. The van der Waals surface area contributed by atoms with Crippen molar-refractivity contribution in [2.24, 2.45) is 5.73 Å². The molecule has 0 saturated heterocycles. The van der Waals surface area contributed by atoms with Gasteiger partial charge in [-0.05, 0) is 41.7 Å². The van der Waals surface area contributed by atoms with Crippen molar-refractivity contribution in [2.45, 2.75) is 13.1 Å². The fourth-order valence-corrected chi connectivity index (χ4v) is 3.70. The van der Waals surface area contributed by atoms with Crippen LogP contribution in [0.15, 0.2) is 47.3 Å². The average Bonchev–Trinajstić information content (AvgIpc) is 3.37. The van der Waals surface area contributed by atoms with Crippen molar-refractivity contribution in [1.29, 1.82) is 0 Å². The normalized spacial score (nSPS) is 13.1. The summed E-state index contributed by atoms with van der Waals surface area (Å²) in [7, 11) is 0. The van der Waals surface area contributed by atoms with Gasteiger partial charge in [0.05, 0.1) is 30.0 Å². The zero-order valence-electron chi connectivity index (χ0n) is 16.0. The van der Waals surface area contributed by atoms with E-state index in [1.165, 1.54) is 26.9 Å². The number of hydrogen-bond donors (Lipinski definition) is 2. The molecule has 30 heavy (non-hydrogen) atoms. The van der Waals surface area contributed by atoms with Crippen molar-refractivity contribution in [3.05, 3.63) is 68.4 Å². The molecule has 3 aromatic heterocycles. The number of ether oxygens (including phenoxy) is 1. The molecule has 0 amide bonds. The van der Waals surface area contributed by atoms with E-state index < -0.39 is 0 Å². The monoisotopic (exact) mass is 426 g/mol. The molecule has 0 fully saturated rings. The third-order valence-electron chi connectivity index (χ3n) is 4.38. The Hall–Kier alpha value is -3.42. The van der Waals surface area contributed by atoms with Gasteiger partial charge in [0.2, 0.25) is 5.88 Å². The Morgan fingerprint density at radius 3 is 3.10 bits per heavy atom. The molecule has 154 valence electrons. The smallest absolute Gasteiger partial charge is 0.346 e. The van der Waals surface area contributed by atoms with Gasteiger partial charge in [-0.1, -0.05) is 0 Å². The molecule has 4 heterocycles. The molecule has 0 aliphatic carbocycles. The summed E-state index contributed by atoms with van der Waals surface area (Å²) >= 11 is 1.48. The Kier molecular flexibility index (Phi) is 5.92. The topological polar surface area (TPSA) is 100.0 Å². The van der Waals surface area contributed by atoms with E-state index in [4.69, 9.17) is 10.5 Å². The van der Waals surface area contributed by atoms with E-state index in [2.05, 4.69) is 27.2 Å². The van der Waals surface area contributed by atoms with Gasteiger partial charge in [0.1, 0.15) is 18.6 Å². The summed E-state index contributed by atoms with van der Waals surface area (Å²) < 4.78 is 20.9. The number of fused-ring (bicyclic) bond motifs is 1. The van der Waals surface area contributed by atoms with Crippen LogP contribution in [0.25, 0.3) is 0 Å². The highest BCUT2D eigenvalue weighted by Gasteiger charge is 2.11. The lowest BCUT2D eigenvalue weighted by Crippen LogP contribution is -2.26. The Morgan fingerprint density at radius 1 is 1.37 bits per heavy atom. The number of nitrogens with one attached hydrogen (secondary N) is 1. The zero-order chi connectivity index (χ0) is 20.9. The summed E-state index contributed by atoms with van der Waals surface area (Å²) in [5.74, 6) is 6.70. The highest BCUT2D eigenvalue weighted by molar-refractivity contribution is 7.12. The van der Waals surface area contributed by atoms with Crippen LogP contribution in [0, 0.1) is 11.8 Å². The van der Waals surface area contributed by atoms with Crippen LogP contribution in [-0.4, -0.2) is 39.0 Å². The minimum absolute atomic E-state index is 0.0322. The fraction of sp³-hybridized carbons (Fsp3) is 0.250. The van der Waals surface area contributed by atoms with Crippen molar-refractivity contribution in [3.8, 4) is 17.7 Å². The van der Waals surface area contributed by atoms with Crippen LogP contribution in [0.4, 0.5) is 10.1 Å². The molecule has 0 saturated carbocycles. The molecule has 3 N–H and O–H groups in total. The maximum atomic E-state index is 12.7. The van der Waals surface area contributed by atoms with Crippen molar-refractivity contribution in [2.75, 3.05) is 25.0 Å². The summed E-state index contributed by atoms with van der Waals surface area (Å²) in [6.45, 7) is 1.77. The maximum absolute atomic E-state index is 12.7. The van der Waals surface area contributed by atoms with E-state index in [0.29, 0.717) is 36.6 Å². The van der Waals surface area contributed by atoms with Crippen molar-refractivity contribution < 1.29 is 9.13 Å². The molecular formula is C20H19FN6O2S. The molecule has 0 atom stereocenters. The quantitative estimate of drug-likeness (QED) is 0.601. The molecule has 0 bridgehead atoms. The molecule has 0 aromatic carbocycles. The Labute approximate surface area is 175 Å². The SMILES string of the molecule is NC/C(=C\F)Cn1ncn(Cc2ccc(C#Cc3ccc4c(n3)OCCN4)s2)c1=O. The molecule has 1 aliphatic heterocycles. The van der Waals surface area contributed by atoms with Crippen LogP contribution in [0.3, 0.4) is 0 Å². The highest BCUT2D eigenvalue weighted by atomic mass is 32.1. The van der Waals surface area contributed by atoms with Crippen molar-refractivity contribution in [1.82, 2.24) is 19.3 Å². The minimum Gasteiger partial charge on any atom is -0.474 e. The number of aromatic nitrogens is 4. The third-order valence-corrected chi connectivity index (χ3v) is 5.37. The predicted octanol–water partition coefficient (Wildman–Crippen LogP) is 1.57. The maximum Gasteiger partial charge on any atom is 0.346 e. The van der Waals surface area contributed by atoms with E-state index in [1.807, 2.05) is 24.3 Å². The predicted molar refractivity (Wildman–Crippen MR) is 112 cm³/mol. The van der Waals surface area contributed by atoms with E-state index >= 15 is 0 Å². The number of rotatable bonds is 5. The molecule has 4 rings (SSSR count). The van der Waals surface area contributed by atoms with Gasteiger partial charge in [-0.25, -0.2) is 18.9 Å². The van der Waals surface area contributed by atoms with E-state index in [1.54, 1.807) is 0 Å². The summed E-state index contributed by atoms with van der Waals surface area (Å²) in [5, 5.41) is 7.24. The minimum atomic E-state index is -0.323. The number of pyridine rings is 1. The molecule has 1 aliphatic rings. The van der Waals surface area contributed by atoms with Gasteiger partial charge in [0, 0.05) is 18.0 Å². The lowest BCUT2D eigenvalue weighted by Gasteiger charge is -2.17. The molecule has 0 spiro atoms. The Balaban J connectivity index is 1.45. The van der Waals surface area contributed by atoms with Gasteiger partial charge in [-0.15, -0.1) is 11.3 Å². The lowest BCUT2D eigenvalue weighted by atomic mass is 10.3. The largest absolute Gasteiger partial charge is 0.474 e. The van der Waals surface area contributed by atoms with E-state index in [0.717, 1.165) is 22.0 Å². The Morgan fingerprint density at radius 2 is 2.27 bits per heavy atom. The molecular weight excluding hydrogens is 407 g/mol. The van der Waals surface area contributed by atoms with Gasteiger partial charge >= 0.3 is 5.69 Å². The number of hydrogen-bond acceptors (Lipinski definition) is 7. The molecule has 10 heteroatoms. The van der Waals surface area contributed by atoms with Crippen LogP contribution in [0.2, 0.25) is 0 Å². The second kappa shape index (κ2) is 8.94. The number of thiophene rings is 1. The summed E-state index contributed by atoms with van der Waals surface area (Å²) in [6.07, 6.45) is 1.85. The van der Waals surface area contributed by atoms with Crippen LogP contribution in [-0.2, 0) is 13.1 Å². The van der Waals surface area contributed by atoms with Crippen molar-refractivity contribution >= 4 is 17.0 Å². The van der Waals surface area contributed by atoms with Crippen molar-refractivity contribution in [3.63, 3.8) is 0 Å². The van der Waals surface area contributed by atoms with Gasteiger partial charge in [0.15, 0.2) is 0 Å². The first-order valence-electron chi connectivity index (χ1n) is 9.25. The number of nitrogens with zero attached hydrogens (tertiary/aromatic N) is 4. The summed E-state index contributed by atoms with van der Waals surface area (Å²) in [6, 6.07) is 7.57. The van der Waals surface area contributed by atoms with E-state index in [9.17, 15) is 9.18 Å². The first kappa shape index (κ1) is 19.9. The van der Waals surface area contributed by atoms with Gasteiger partial charge < -0.3 is 15.8 Å². The second-order valence-corrected chi connectivity index (χ2v) is 7.68. The number of anilines is 1. The highest BCUT2D eigenvalue weighted by Crippen LogP contribution is 2.24.